The minimum absolute atomic E-state index is 0.0591. The summed E-state index contributed by atoms with van der Waals surface area (Å²) in [6.45, 7) is 5.36. The van der Waals surface area contributed by atoms with Gasteiger partial charge < -0.3 is 15.5 Å². The summed E-state index contributed by atoms with van der Waals surface area (Å²) in [7, 11) is 1.03. The van der Waals surface area contributed by atoms with E-state index in [9.17, 15) is 13.2 Å². The number of sulfone groups is 1. The number of hydrogen-bond acceptors (Lipinski definition) is 5. The molecule has 2 N–H and O–H groups in total. The maximum atomic E-state index is 12.0. The third kappa shape index (κ3) is 7.24. The number of nitrogens with zero attached hydrogens (tertiary/aromatic N) is 1. The van der Waals surface area contributed by atoms with E-state index < -0.39 is 9.84 Å². The minimum Gasteiger partial charge on any atom is -0.354 e. The molecule has 6 nitrogen and oxygen atoms in total. The summed E-state index contributed by atoms with van der Waals surface area (Å²) in [5.41, 5.74) is 0. The molecule has 0 saturated carbocycles. The van der Waals surface area contributed by atoms with Gasteiger partial charge in [-0.05, 0) is 26.4 Å². The summed E-state index contributed by atoms with van der Waals surface area (Å²) in [5, 5.41) is 6.03. The Balaban J connectivity index is 2.39. The fraction of sp³-hybridized carbons (Fsp3) is 0.929. The predicted octanol–water partition coefficient (Wildman–Crippen LogP) is -0.144. The van der Waals surface area contributed by atoms with Crippen molar-refractivity contribution in [1.29, 1.82) is 0 Å². The predicted molar refractivity (Wildman–Crippen MR) is 85.0 cm³/mol. The second-order valence-electron chi connectivity index (χ2n) is 6.52. The molecule has 1 heterocycles. The third-order valence-electron chi connectivity index (χ3n) is 3.74. The molecule has 0 aromatic heterocycles. The van der Waals surface area contributed by atoms with Gasteiger partial charge in [-0.3, -0.25) is 4.79 Å². The van der Waals surface area contributed by atoms with Gasteiger partial charge in [0.1, 0.15) is 0 Å². The monoisotopic (exact) mass is 319 g/mol. The average Bonchev–Trinajstić information content (AvgIpc) is 2.32. The topological polar surface area (TPSA) is 78.5 Å². The van der Waals surface area contributed by atoms with Gasteiger partial charge >= 0.3 is 0 Å². The Hall–Kier alpha value is -0.660. The summed E-state index contributed by atoms with van der Waals surface area (Å²) < 4.78 is 23.1. The number of carbonyl (C=O) groups excluding carboxylic acids is 1. The van der Waals surface area contributed by atoms with E-state index >= 15 is 0 Å². The highest BCUT2D eigenvalue weighted by atomic mass is 32.2. The van der Waals surface area contributed by atoms with Gasteiger partial charge in [-0.1, -0.05) is 13.8 Å². The molecule has 0 aromatic rings. The van der Waals surface area contributed by atoms with E-state index in [0.29, 0.717) is 25.0 Å². The van der Waals surface area contributed by atoms with Crippen LogP contribution in [0.3, 0.4) is 0 Å². The summed E-state index contributed by atoms with van der Waals surface area (Å²) in [6.07, 6.45) is 1.24. The molecule has 0 aromatic carbocycles. The first-order valence-electron chi connectivity index (χ1n) is 7.56. The van der Waals surface area contributed by atoms with Crippen LogP contribution in [0.1, 0.15) is 26.7 Å². The lowest BCUT2D eigenvalue weighted by molar-refractivity contribution is -0.121. The molecular formula is C14H29N3O3S. The smallest absolute Gasteiger partial charge is 0.221 e. The first-order chi connectivity index (χ1) is 9.69. The average molecular weight is 319 g/mol. The fourth-order valence-corrected chi connectivity index (χ4v) is 3.99. The summed E-state index contributed by atoms with van der Waals surface area (Å²) in [4.78, 5) is 14.1. The first kappa shape index (κ1) is 18.4. The van der Waals surface area contributed by atoms with Crippen LogP contribution in [0, 0.1) is 5.92 Å². The zero-order chi connectivity index (χ0) is 16.0. The van der Waals surface area contributed by atoms with E-state index in [-0.39, 0.29) is 29.9 Å². The van der Waals surface area contributed by atoms with Gasteiger partial charge in [0, 0.05) is 31.6 Å². The molecule has 0 aliphatic carbocycles. The second-order valence-corrected chi connectivity index (χ2v) is 8.75. The number of amides is 1. The number of hydrogen-bond donors (Lipinski definition) is 2. The third-order valence-corrected chi connectivity index (χ3v) is 5.48. The Morgan fingerprint density at radius 2 is 2.05 bits per heavy atom. The molecule has 21 heavy (non-hydrogen) atoms. The van der Waals surface area contributed by atoms with Crippen LogP contribution < -0.4 is 10.6 Å². The lowest BCUT2D eigenvalue weighted by atomic mass is 10.0. The molecule has 1 fully saturated rings. The van der Waals surface area contributed by atoms with Crippen molar-refractivity contribution in [3.05, 3.63) is 0 Å². The van der Waals surface area contributed by atoms with E-state index in [4.69, 9.17) is 0 Å². The molecule has 1 rings (SSSR count). The van der Waals surface area contributed by atoms with Gasteiger partial charge in [-0.25, -0.2) is 8.42 Å². The van der Waals surface area contributed by atoms with Crippen molar-refractivity contribution in [2.24, 2.45) is 5.92 Å². The first-order valence-corrected chi connectivity index (χ1v) is 9.38. The Morgan fingerprint density at radius 3 is 2.57 bits per heavy atom. The lowest BCUT2D eigenvalue weighted by Crippen LogP contribution is -2.48. The number of carbonyl (C=O) groups is 1. The van der Waals surface area contributed by atoms with Crippen LogP contribution in [0.15, 0.2) is 0 Å². The van der Waals surface area contributed by atoms with Gasteiger partial charge in [0.05, 0.1) is 11.5 Å². The molecule has 0 bridgehead atoms. The van der Waals surface area contributed by atoms with Crippen molar-refractivity contribution in [2.45, 2.75) is 38.8 Å². The van der Waals surface area contributed by atoms with Crippen LogP contribution in [-0.4, -0.2) is 70.0 Å². The van der Waals surface area contributed by atoms with Crippen molar-refractivity contribution < 1.29 is 13.2 Å². The van der Waals surface area contributed by atoms with Gasteiger partial charge in [0.15, 0.2) is 9.84 Å². The van der Waals surface area contributed by atoms with Crippen LogP contribution in [-0.2, 0) is 14.6 Å². The molecule has 124 valence electrons. The zero-order valence-electron chi connectivity index (χ0n) is 13.6. The Kier molecular flexibility index (Phi) is 7.09. The Bertz CT molecular complexity index is 435. The minimum atomic E-state index is -2.99. The van der Waals surface area contributed by atoms with Gasteiger partial charge in [-0.15, -0.1) is 0 Å². The zero-order valence-corrected chi connectivity index (χ0v) is 14.4. The van der Waals surface area contributed by atoms with Crippen molar-refractivity contribution in [3.8, 4) is 0 Å². The largest absolute Gasteiger partial charge is 0.354 e. The number of likely N-dealkylation sites (N-methyl/N-ethyl adjacent to an activating group) is 1. The molecule has 0 spiro atoms. The molecule has 0 radical (unpaired) electrons. The Labute approximate surface area is 128 Å². The maximum Gasteiger partial charge on any atom is 0.221 e. The summed E-state index contributed by atoms with van der Waals surface area (Å²) in [5.74, 6) is 0.714. The van der Waals surface area contributed by atoms with Crippen molar-refractivity contribution in [1.82, 2.24) is 15.5 Å². The van der Waals surface area contributed by atoms with Crippen LogP contribution >= 0.6 is 0 Å². The van der Waals surface area contributed by atoms with Crippen LogP contribution in [0.25, 0.3) is 0 Å². The standard InChI is InChI=1S/C14H29N3O3S/c1-11(2)7-13(17(3)4)9-16-14(18)8-12-10-21(19,20)6-5-15-12/h11-13,15H,5-10H2,1-4H3,(H,16,18). The van der Waals surface area contributed by atoms with Crippen LogP contribution in [0.2, 0.25) is 0 Å². The van der Waals surface area contributed by atoms with Crippen LogP contribution in [0.5, 0.6) is 0 Å². The molecule has 1 aliphatic rings. The van der Waals surface area contributed by atoms with E-state index in [0.717, 1.165) is 6.42 Å². The van der Waals surface area contributed by atoms with Crippen molar-refractivity contribution in [2.75, 3.05) is 38.7 Å². The summed E-state index contributed by atoms with van der Waals surface area (Å²) >= 11 is 0. The van der Waals surface area contributed by atoms with Crippen molar-refractivity contribution >= 4 is 15.7 Å². The molecule has 7 heteroatoms. The van der Waals surface area contributed by atoms with E-state index in [2.05, 4.69) is 29.4 Å². The lowest BCUT2D eigenvalue weighted by Gasteiger charge is -2.27. The van der Waals surface area contributed by atoms with Gasteiger partial charge in [-0.2, -0.15) is 0 Å². The molecule has 1 saturated heterocycles. The Morgan fingerprint density at radius 1 is 1.38 bits per heavy atom. The highest BCUT2D eigenvalue weighted by Gasteiger charge is 2.26. The number of nitrogens with one attached hydrogen (secondary N) is 2. The van der Waals surface area contributed by atoms with E-state index in [1.165, 1.54) is 0 Å². The van der Waals surface area contributed by atoms with Crippen molar-refractivity contribution in [3.63, 3.8) is 0 Å². The van der Waals surface area contributed by atoms with E-state index in [1.54, 1.807) is 0 Å². The highest BCUT2D eigenvalue weighted by Crippen LogP contribution is 2.09. The normalized spacial score (nSPS) is 23.2. The number of rotatable bonds is 7. The van der Waals surface area contributed by atoms with Gasteiger partial charge in [0.2, 0.25) is 5.91 Å². The molecule has 2 atom stereocenters. The molecule has 1 aliphatic heterocycles. The molecular weight excluding hydrogens is 290 g/mol. The highest BCUT2D eigenvalue weighted by molar-refractivity contribution is 7.91. The summed E-state index contributed by atoms with van der Waals surface area (Å²) in [6, 6.07) is 0.0450. The fourth-order valence-electron chi connectivity index (χ4n) is 2.55. The molecule has 2 unspecified atom stereocenters. The van der Waals surface area contributed by atoms with E-state index in [1.807, 2.05) is 14.1 Å². The maximum absolute atomic E-state index is 12.0. The quantitative estimate of drug-likeness (QED) is 0.683. The van der Waals surface area contributed by atoms with Gasteiger partial charge in [0.25, 0.3) is 0 Å². The molecule has 1 amide bonds. The SMILES string of the molecule is CC(C)CC(CNC(=O)CC1CS(=O)(=O)CCN1)N(C)C. The van der Waals surface area contributed by atoms with Crippen LogP contribution in [0.4, 0.5) is 0 Å². The second kappa shape index (κ2) is 8.10.